The first-order chi connectivity index (χ1) is 12.1. The van der Waals surface area contributed by atoms with E-state index in [2.05, 4.69) is 0 Å². The average Bonchev–Trinajstić information content (AvgIpc) is 3.01. The molecule has 0 aliphatic carbocycles. The molecule has 0 N–H and O–H groups in total. The highest BCUT2D eigenvalue weighted by molar-refractivity contribution is 6.00. The first-order valence-electron chi connectivity index (χ1n) is 7.87. The van der Waals surface area contributed by atoms with E-state index in [4.69, 9.17) is 13.9 Å². The van der Waals surface area contributed by atoms with Crippen LogP contribution < -0.4 is 4.74 Å². The first kappa shape index (κ1) is 16.8. The van der Waals surface area contributed by atoms with Crippen molar-refractivity contribution in [2.24, 2.45) is 0 Å². The quantitative estimate of drug-likeness (QED) is 0.506. The van der Waals surface area contributed by atoms with Crippen LogP contribution in [0.5, 0.6) is 5.75 Å². The van der Waals surface area contributed by atoms with Gasteiger partial charge in [-0.15, -0.1) is 0 Å². The summed E-state index contributed by atoms with van der Waals surface area (Å²) in [7, 11) is 1.49. The number of hydrogen-bond donors (Lipinski definition) is 0. The third-order valence-corrected chi connectivity index (χ3v) is 3.92. The number of ketones is 1. The molecule has 0 saturated heterocycles. The molecule has 0 spiro atoms. The number of hydrogen-bond acceptors (Lipinski definition) is 5. The Balaban J connectivity index is 1.63. The van der Waals surface area contributed by atoms with E-state index in [1.54, 1.807) is 30.5 Å². The Hall–Kier alpha value is -3.08. The van der Waals surface area contributed by atoms with Gasteiger partial charge in [0.05, 0.1) is 25.4 Å². The van der Waals surface area contributed by atoms with Crippen molar-refractivity contribution in [2.45, 2.75) is 13.3 Å². The molecule has 3 rings (SSSR count). The van der Waals surface area contributed by atoms with Gasteiger partial charge < -0.3 is 13.9 Å². The Bertz CT molecular complexity index is 923. The van der Waals surface area contributed by atoms with Gasteiger partial charge >= 0.3 is 5.97 Å². The molecular formula is C20H18O5. The summed E-state index contributed by atoms with van der Waals surface area (Å²) in [4.78, 5) is 24.3. The second-order valence-corrected chi connectivity index (χ2v) is 5.72. The molecule has 128 valence electrons. The Morgan fingerprint density at radius 2 is 1.92 bits per heavy atom. The molecule has 1 aromatic heterocycles. The van der Waals surface area contributed by atoms with Gasteiger partial charge in [0.25, 0.3) is 0 Å². The molecule has 25 heavy (non-hydrogen) atoms. The third kappa shape index (κ3) is 3.71. The monoisotopic (exact) mass is 338 g/mol. The molecule has 0 aliphatic rings. The predicted octanol–water partition coefficient (Wildman–Crippen LogP) is 3.72. The lowest BCUT2D eigenvalue weighted by molar-refractivity contribution is -0.141. The summed E-state index contributed by atoms with van der Waals surface area (Å²) < 4.78 is 15.7. The van der Waals surface area contributed by atoms with Gasteiger partial charge in [-0.2, -0.15) is 0 Å². The van der Waals surface area contributed by atoms with E-state index in [1.807, 2.05) is 25.1 Å². The molecule has 0 fully saturated rings. The van der Waals surface area contributed by atoms with Gasteiger partial charge in [-0.1, -0.05) is 24.3 Å². The molecule has 0 amide bonds. The van der Waals surface area contributed by atoms with Gasteiger partial charge in [0.15, 0.2) is 6.61 Å². The van der Waals surface area contributed by atoms with Crippen LogP contribution in [0.3, 0.4) is 0 Å². The summed E-state index contributed by atoms with van der Waals surface area (Å²) in [5, 5.41) is 0.874. The topological polar surface area (TPSA) is 65.7 Å². The number of aryl methyl sites for hydroxylation is 1. The largest absolute Gasteiger partial charge is 0.496 e. The minimum atomic E-state index is -0.480. The summed E-state index contributed by atoms with van der Waals surface area (Å²) in [6, 6.07) is 12.6. The second-order valence-electron chi connectivity index (χ2n) is 5.72. The zero-order chi connectivity index (χ0) is 17.8. The second kappa shape index (κ2) is 7.21. The molecule has 3 aromatic rings. The number of furan rings is 1. The number of rotatable bonds is 6. The molecule has 5 heteroatoms. The van der Waals surface area contributed by atoms with Crippen molar-refractivity contribution < 1.29 is 23.5 Å². The number of benzene rings is 2. The zero-order valence-corrected chi connectivity index (χ0v) is 14.1. The molecule has 1 heterocycles. The molecule has 5 nitrogen and oxygen atoms in total. The van der Waals surface area contributed by atoms with E-state index in [0.29, 0.717) is 11.3 Å². The number of methoxy groups -OCH3 is 1. The minimum Gasteiger partial charge on any atom is -0.496 e. The Morgan fingerprint density at radius 1 is 1.12 bits per heavy atom. The normalized spacial score (nSPS) is 10.6. The molecular weight excluding hydrogens is 320 g/mol. The molecule has 2 aromatic carbocycles. The van der Waals surface area contributed by atoms with Crippen LogP contribution in [-0.4, -0.2) is 25.5 Å². The summed E-state index contributed by atoms with van der Waals surface area (Å²) in [6.07, 6.45) is 1.60. The lowest BCUT2D eigenvalue weighted by Crippen LogP contribution is -2.16. The summed E-state index contributed by atoms with van der Waals surface area (Å²) in [5.41, 5.74) is 2.94. The molecule has 0 unspecified atom stereocenters. The highest BCUT2D eigenvalue weighted by Crippen LogP contribution is 2.23. The number of carbonyl (C=O) groups is 2. The fourth-order valence-corrected chi connectivity index (χ4v) is 2.63. The van der Waals surface area contributed by atoms with Crippen LogP contribution in [0.4, 0.5) is 0 Å². The van der Waals surface area contributed by atoms with Crippen LogP contribution in [0.2, 0.25) is 0 Å². The number of ether oxygens (including phenoxy) is 2. The van der Waals surface area contributed by atoms with Crippen LogP contribution in [0.1, 0.15) is 21.5 Å². The van der Waals surface area contributed by atoms with Gasteiger partial charge in [0, 0.05) is 10.9 Å². The van der Waals surface area contributed by atoms with Crippen molar-refractivity contribution in [3.63, 3.8) is 0 Å². The maximum atomic E-state index is 12.2. The molecule has 0 saturated carbocycles. The molecule has 0 radical (unpaired) electrons. The first-order valence-corrected chi connectivity index (χ1v) is 7.87. The standard InChI is InChI=1S/C20H18O5/c1-13-7-8-15-14(11-24-19(15)9-13)10-20(22)25-12-17(21)16-5-3-4-6-18(16)23-2/h3-9,11H,10,12H2,1-2H3. The van der Waals surface area contributed by atoms with Crippen LogP contribution in [0.25, 0.3) is 11.0 Å². The van der Waals surface area contributed by atoms with Crippen molar-refractivity contribution in [3.05, 3.63) is 65.4 Å². The minimum absolute atomic E-state index is 0.0509. The van der Waals surface area contributed by atoms with Gasteiger partial charge in [-0.05, 0) is 30.7 Å². The summed E-state index contributed by atoms with van der Waals surface area (Å²) >= 11 is 0. The number of para-hydroxylation sites is 1. The molecule has 0 aliphatic heterocycles. The van der Waals surface area contributed by atoms with Crippen LogP contribution in [0, 0.1) is 6.92 Å². The summed E-state index contributed by atoms with van der Waals surface area (Å²) in [5.74, 6) is -0.329. The van der Waals surface area contributed by atoms with Crippen molar-refractivity contribution in [1.82, 2.24) is 0 Å². The van der Waals surface area contributed by atoms with E-state index in [9.17, 15) is 9.59 Å². The summed E-state index contributed by atoms with van der Waals surface area (Å²) in [6.45, 7) is 1.65. The molecule has 0 atom stereocenters. The van der Waals surface area contributed by atoms with Crippen molar-refractivity contribution >= 4 is 22.7 Å². The number of carbonyl (C=O) groups excluding carboxylic acids is 2. The van der Waals surface area contributed by atoms with Gasteiger partial charge in [0.2, 0.25) is 5.78 Å². The Morgan fingerprint density at radius 3 is 2.72 bits per heavy atom. The van der Waals surface area contributed by atoms with Crippen LogP contribution in [-0.2, 0) is 16.0 Å². The maximum absolute atomic E-state index is 12.2. The van der Waals surface area contributed by atoms with E-state index in [0.717, 1.165) is 22.1 Å². The number of fused-ring (bicyclic) bond motifs is 1. The highest BCUT2D eigenvalue weighted by Gasteiger charge is 2.16. The van der Waals surface area contributed by atoms with Crippen LogP contribution >= 0.6 is 0 Å². The maximum Gasteiger partial charge on any atom is 0.310 e. The SMILES string of the molecule is COc1ccccc1C(=O)COC(=O)Cc1coc2cc(C)ccc12. The predicted molar refractivity (Wildman–Crippen MR) is 92.9 cm³/mol. The Labute approximate surface area is 145 Å². The Kier molecular flexibility index (Phi) is 4.84. The smallest absolute Gasteiger partial charge is 0.310 e. The lowest BCUT2D eigenvalue weighted by atomic mass is 10.1. The highest BCUT2D eigenvalue weighted by atomic mass is 16.5. The van der Waals surface area contributed by atoms with Crippen molar-refractivity contribution in [2.75, 3.05) is 13.7 Å². The lowest BCUT2D eigenvalue weighted by Gasteiger charge is -2.07. The van der Waals surface area contributed by atoms with E-state index in [-0.39, 0.29) is 18.8 Å². The van der Waals surface area contributed by atoms with Gasteiger partial charge in [-0.25, -0.2) is 0 Å². The zero-order valence-electron chi connectivity index (χ0n) is 14.1. The van der Waals surface area contributed by atoms with Gasteiger partial charge in [-0.3, -0.25) is 9.59 Å². The van der Waals surface area contributed by atoms with E-state index >= 15 is 0 Å². The fourth-order valence-electron chi connectivity index (χ4n) is 2.63. The van der Waals surface area contributed by atoms with Crippen LogP contribution in [0.15, 0.2) is 53.1 Å². The molecule has 0 bridgehead atoms. The fraction of sp³-hybridized carbons (Fsp3) is 0.200. The number of Topliss-reactive ketones (excluding diaryl/α,β-unsaturated/α-hetero) is 1. The number of esters is 1. The van der Waals surface area contributed by atoms with E-state index < -0.39 is 5.97 Å². The van der Waals surface area contributed by atoms with Gasteiger partial charge in [0.1, 0.15) is 11.3 Å². The third-order valence-electron chi connectivity index (χ3n) is 3.92. The average molecular weight is 338 g/mol. The van der Waals surface area contributed by atoms with Crippen molar-refractivity contribution in [1.29, 1.82) is 0 Å². The van der Waals surface area contributed by atoms with E-state index in [1.165, 1.54) is 7.11 Å². The van der Waals surface area contributed by atoms with Crippen molar-refractivity contribution in [3.8, 4) is 5.75 Å².